The Hall–Kier alpha value is -1.89. The van der Waals surface area contributed by atoms with Crippen molar-refractivity contribution in [3.8, 4) is 0 Å². The lowest BCUT2D eigenvalue weighted by Crippen LogP contribution is -2.40. The predicted molar refractivity (Wildman–Crippen MR) is 93.8 cm³/mol. The molecular weight excluding hydrogens is 334 g/mol. The van der Waals surface area contributed by atoms with Gasteiger partial charge in [0, 0.05) is 17.3 Å². The molecule has 1 atom stereocenters. The first-order valence-corrected chi connectivity index (χ1v) is 8.32. The summed E-state index contributed by atoms with van der Waals surface area (Å²) >= 11 is 7.44. The SMILES string of the molecule is CN(C)C(CNC(=O)C(=O)Nc1cccc(Cl)c1)c1ccsc1. The molecule has 2 N–H and O–H groups in total. The van der Waals surface area contributed by atoms with E-state index in [1.54, 1.807) is 35.6 Å². The minimum absolute atomic E-state index is 0.0177. The number of nitrogens with one attached hydrogen (secondary N) is 2. The molecule has 5 nitrogen and oxygen atoms in total. The number of hydrogen-bond acceptors (Lipinski definition) is 4. The minimum atomic E-state index is -0.713. The number of hydrogen-bond donors (Lipinski definition) is 2. The molecule has 1 aromatic heterocycles. The van der Waals surface area contributed by atoms with Crippen molar-refractivity contribution in [1.82, 2.24) is 10.2 Å². The number of amides is 2. The van der Waals surface area contributed by atoms with Crippen molar-refractivity contribution < 1.29 is 9.59 Å². The molecule has 0 spiro atoms. The van der Waals surface area contributed by atoms with Crippen LogP contribution >= 0.6 is 22.9 Å². The van der Waals surface area contributed by atoms with Crippen LogP contribution < -0.4 is 10.6 Å². The second-order valence-electron chi connectivity index (χ2n) is 5.21. The van der Waals surface area contributed by atoms with Gasteiger partial charge in [-0.25, -0.2) is 0 Å². The van der Waals surface area contributed by atoms with Gasteiger partial charge in [-0.2, -0.15) is 11.3 Å². The Bertz CT molecular complexity index is 674. The summed E-state index contributed by atoms with van der Waals surface area (Å²) in [5.41, 5.74) is 1.59. The first-order chi connectivity index (χ1) is 11.0. The van der Waals surface area contributed by atoms with Gasteiger partial charge >= 0.3 is 11.8 Å². The molecule has 23 heavy (non-hydrogen) atoms. The van der Waals surface area contributed by atoms with Crippen molar-refractivity contribution in [2.24, 2.45) is 0 Å². The molecular formula is C16H18ClN3O2S. The van der Waals surface area contributed by atoms with Gasteiger partial charge in [0.25, 0.3) is 0 Å². The molecule has 0 saturated heterocycles. The third-order valence-corrected chi connectivity index (χ3v) is 4.23. The van der Waals surface area contributed by atoms with Gasteiger partial charge in [-0.1, -0.05) is 17.7 Å². The molecule has 0 bridgehead atoms. The molecule has 0 aliphatic carbocycles. The summed E-state index contributed by atoms with van der Waals surface area (Å²) < 4.78 is 0. The average molecular weight is 352 g/mol. The maximum atomic E-state index is 12.0. The van der Waals surface area contributed by atoms with E-state index in [1.807, 2.05) is 35.8 Å². The number of rotatable bonds is 5. The van der Waals surface area contributed by atoms with Crippen molar-refractivity contribution in [2.75, 3.05) is 26.0 Å². The number of thiophene rings is 1. The van der Waals surface area contributed by atoms with E-state index in [9.17, 15) is 9.59 Å². The smallest absolute Gasteiger partial charge is 0.313 e. The highest BCUT2D eigenvalue weighted by Crippen LogP contribution is 2.20. The fourth-order valence-corrected chi connectivity index (χ4v) is 2.98. The predicted octanol–water partition coefficient (Wildman–Crippen LogP) is 2.76. The fourth-order valence-electron chi connectivity index (χ4n) is 2.09. The van der Waals surface area contributed by atoms with Crippen LogP contribution in [0, 0.1) is 0 Å². The topological polar surface area (TPSA) is 61.4 Å². The standard InChI is InChI=1S/C16H18ClN3O2S/c1-20(2)14(11-6-7-23-10-11)9-18-15(21)16(22)19-13-5-3-4-12(17)8-13/h3-8,10,14H,9H2,1-2H3,(H,18,21)(H,19,22). The van der Waals surface area contributed by atoms with Crippen LogP contribution in [0.2, 0.25) is 5.02 Å². The summed E-state index contributed by atoms with van der Waals surface area (Å²) in [6.45, 7) is 0.353. The molecule has 1 unspecified atom stereocenters. The Morgan fingerprint density at radius 2 is 2.04 bits per heavy atom. The summed E-state index contributed by atoms with van der Waals surface area (Å²) in [5, 5.41) is 9.70. The normalized spacial score (nSPS) is 12.0. The van der Waals surface area contributed by atoms with E-state index in [4.69, 9.17) is 11.6 Å². The van der Waals surface area contributed by atoms with Gasteiger partial charge in [-0.15, -0.1) is 0 Å². The Balaban J connectivity index is 1.91. The zero-order chi connectivity index (χ0) is 16.8. The molecule has 122 valence electrons. The number of carbonyl (C=O) groups is 2. The van der Waals surface area contributed by atoms with Crippen LogP contribution in [0.5, 0.6) is 0 Å². The summed E-state index contributed by atoms with van der Waals surface area (Å²) in [7, 11) is 3.86. The van der Waals surface area contributed by atoms with E-state index in [2.05, 4.69) is 10.6 Å². The molecule has 0 radical (unpaired) electrons. The lowest BCUT2D eigenvalue weighted by Gasteiger charge is -2.23. The maximum absolute atomic E-state index is 12.0. The van der Waals surface area contributed by atoms with Gasteiger partial charge < -0.3 is 15.5 Å². The van der Waals surface area contributed by atoms with Crippen molar-refractivity contribution in [2.45, 2.75) is 6.04 Å². The summed E-state index contributed by atoms with van der Waals surface area (Å²) in [6.07, 6.45) is 0. The van der Waals surface area contributed by atoms with Crippen LogP contribution in [-0.4, -0.2) is 37.4 Å². The van der Waals surface area contributed by atoms with Crippen molar-refractivity contribution >= 4 is 40.4 Å². The van der Waals surface area contributed by atoms with Gasteiger partial charge in [0.15, 0.2) is 0 Å². The summed E-state index contributed by atoms with van der Waals surface area (Å²) in [5.74, 6) is -1.39. The van der Waals surface area contributed by atoms with Gasteiger partial charge in [0.2, 0.25) is 0 Å². The van der Waals surface area contributed by atoms with Crippen molar-refractivity contribution in [1.29, 1.82) is 0 Å². The van der Waals surface area contributed by atoms with E-state index >= 15 is 0 Å². The number of nitrogens with zero attached hydrogens (tertiary/aromatic N) is 1. The number of likely N-dealkylation sites (N-methyl/N-ethyl adjacent to an activating group) is 1. The largest absolute Gasteiger partial charge is 0.346 e. The maximum Gasteiger partial charge on any atom is 0.313 e. The van der Waals surface area contributed by atoms with Crippen LogP contribution in [0.4, 0.5) is 5.69 Å². The zero-order valence-corrected chi connectivity index (χ0v) is 14.4. The number of anilines is 1. The third kappa shape index (κ3) is 5.06. The zero-order valence-electron chi connectivity index (χ0n) is 12.9. The first-order valence-electron chi connectivity index (χ1n) is 7.00. The fraction of sp³-hybridized carbons (Fsp3) is 0.250. The molecule has 0 aliphatic rings. The summed E-state index contributed by atoms with van der Waals surface area (Å²) in [6, 6.07) is 8.68. The van der Waals surface area contributed by atoms with Gasteiger partial charge in [0.05, 0.1) is 6.04 Å². The second-order valence-corrected chi connectivity index (χ2v) is 6.43. The van der Waals surface area contributed by atoms with Crippen molar-refractivity contribution in [3.63, 3.8) is 0 Å². The number of benzene rings is 1. The highest BCUT2D eigenvalue weighted by atomic mass is 35.5. The monoisotopic (exact) mass is 351 g/mol. The third-order valence-electron chi connectivity index (χ3n) is 3.30. The first kappa shape index (κ1) is 17.5. The van der Waals surface area contributed by atoms with E-state index in [1.165, 1.54) is 0 Å². The number of halogens is 1. The Labute approximate surface area is 144 Å². The highest BCUT2D eigenvalue weighted by Gasteiger charge is 2.19. The number of carbonyl (C=O) groups excluding carboxylic acids is 2. The quantitative estimate of drug-likeness (QED) is 0.814. The Morgan fingerprint density at radius 1 is 1.26 bits per heavy atom. The van der Waals surface area contributed by atoms with Gasteiger partial charge in [-0.05, 0) is 54.7 Å². The molecule has 7 heteroatoms. The van der Waals surface area contributed by atoms with Gasteiger partial charge in [-0.3, -0.25) is 9.59 Å². The van der Waals surface area contributed by atoms with Crippen molar-refractivity contribution in [3.05, 3.63) is 51.7 Å². The lowest BCUT2D eigenvalue weighted by molar-refractivity contribution is -0.136. The van der Waals surface area contributed by atoms with Crippen LogP contribution in [-0.2, 0) is 9.59 Å². The molecule has 0 aliphatic heterocycles. The molecule has 0 saturated carbocycles. The lowest BCUT2D eigenvalue weighted by atomic mass is 10.1. The minimum Gasteiger partial charge on any atom is -0.346 e. The van der Waals surface area contributed by atoms with Gasteiger partial charge in [0.1, 0.15) is 0 Å². The van der Waals surface area contributed by atoms with Crippen LogP contribution in [0.3, 0.4) is 0 Å². The van der Waals surface area contributed by atoms with E-state index in [-0.39, 0.29) is 6.04 Å². The molecule has 1 aromatic carbocycles. The summed E-state index contributed by atoms with van der Waals surface area (Å²) in [4.78, 5) is 25.9. The average Bonchev–Trinajstić information content (AvgIpc) is 3.01. The highest BCUT2D eigenvalue weighted by molar-refractivity contribution is 7.08. The van der Waals surface area contributed by atoms with Crippen LogP contribution in [0.25, 0.3) is 0 Å². The van der Waals surface area contributed by atoms with Crippen LogP contribution in [0.1, 0.15) is 11.6 Å². The van der Waals surface area contributed by atoms with Crippen LogP contribution in [0.15, 0.2) is 41.1 Å². The Kier molecular flexibility index (Phi) is 6.15. The van der Waals surface area contributed by atoms with E-state index in [0.717, 1.165) is 5.56 Å². The van der Waals surface area contributed by atoms with E-state index in [0.29, 0.717) is 17.3 Å². The molecule has 2 amide bonds. The second kappa shape index (κ2) is 8.10. The molecule has 2 rings (SSSR count). The van der Waals surface area contributed by atoms with E-state index < -0.39 is 11.8 Å². The molecule has 1 heterocycles. The molecule has 0 fully saturated rings. The molecule has 2 aromatic rings. The Morgan fingerprint density at radius 3 is 2.65 bits per heavy atom.